The molecule has 0 spiro atoms. The number of ketones is 1. The van der Waals surface area contributed by atoms with Gasteiger partial charge in [-0.1, -0.05) is 18.2 Å². The average Bonchev–Trinajstić information content (AvgIpc) is 3.60. The predicted octanol–water partition coefficient (Wildman–Crippen LogP) is 3.63. The number of benzene rings is 1. The van der Waals surface area contributed by atoms with Crippen molar-refractivity contribution in [2.45, 2.75) is 50.1 Å². The molecule has 7 nitrogen and oxygen atoms in total. The highest BCUT2D eigenvalue weighted by Gasteiger charge is 2.44. The first kappa shape index (κ1) is 26.3. The van der Waals surface area contributed by atoms with Crippen molar-refractivity contribution in [2.24, 2.45) is 5.92 Å². The highest BCUT2D eigenvalue weighted by molar-refractivity contribution is 7.88. The molecule has 1 aliphatic heterocycles. The van der Waals surface area contributed by atoms with Crippen LogP contribution in [0.15, 0.2) is 42.6 Å². The van der Waals surface area contributed by atoms with Crippen molar-refractivity contribution in [1.29, 1.82) is 0 Å². The summed E-state index contributed by atoms with van der Waals surface area (Å²) < 4.78 is 63.5. The second-order valence-electron chi connectivity index (χ2n) is 9.72. The maximum absolute atomic E-state index is 13.1. The summed E-state index contributed by atoms with van der Waals surface area (Å²) in [4.78, 5) is 30.8. The number of Topliss-reactive ketones (excluding diaryl/α,β-unsaturated/α-hetero) is 1. The first-order valence-electron chi connectivity index (χ1n) is 11.8. The fourth-order valence-corrected chi connectivity index (χ4v) is 5.19. The molecule has 0 bridgehead atoms. The lowest BCUT2D eigenvalue weighted by molar-refractivity contribution is -0.141. The van der Waals surface area contributed by atoms with E-state index in [1.807, 2.05) is 24.3 Å². The number of amides is 1. The number of piperidine rings is 1. The third kappa shape index (κ3) is 6.31. The molecule has 2 heterocycles. The molecule has 2 aliphatic rings. The Morgan fingerprint density at radius 2 is 1.86 bits per heavy atom. The van der Waals surface area contributed by atoms with Crippen LogP contribution in [0, 0.1) is 5.92 Å². The molecule has 0 unspecified atom stereocenters. The maximum Gasteiger partial charge on any atom is 0.433 e. The smallest absolute Gasteiger partial charge is 0.312 e. The van der Waals surface area contributed by atoms with Crippen LogP contribution in [0.1, 0.15) is 48.9 Å². The molecule has 4 rings (SSSR count). The summed E-state index contributed by atoms with van der Waals surface area (Å²) in [5.41, 5.74) is 0.893. The summed E-state index contributed by atoms with van der Waals surface area (Å²) in [7, 11) is -3.28. The summed E-state index contributed by atoms with van der Waals surface area (Å²) >= 11 is 0. The summed E-state index contributed by atoms with van der Waals surface area (Å²) in [6, 6.07) is 9.64. The monoisotopic (exact) mass is 523 g/mol. The number of alkyl halides is 3. The van der Waals surface area contributed by atoms with E-state index in [1.165, 1.54) is 6.07 Å². The number of pyridine rings is 1. The van der Waals surface area contributed by atoms with E-state index < -0.39 is 27.8 Å². The fraction of sp³-hybridized carbons (Fsp3) is 0.480. The molecule has 11 heteroatoms. The lowest BCUT2D eigenvalue weighted by atomic mass is 9.90. The van der Waals surface area contributed by atoms with Crippen LogP contribution in [0.2, 0.25) is 0 Å². The topological polar surface area (TPSA) is 96.4 Å². The van der Waals surface area contributed by atoms with Crippen LogP contribution in [-0.4, -0.2) is 44.4 Å². The summed E-state index contributed by atoms with van der Waals surface area (Å²) in [6.45, 7) is 0.874. The SMILES string of the molecule is CS(=O)(=O)NCC1(c2ccc(N3CCC[C@H](CC(=O)Cc4ccc(C(F)(F)F)nc4)C3=O)cc2)CC1. The van der Waals surface area contributed by atoms with Gasteiger partial charge < -0.3 is 4.90 Å². The molecule has 1 aromatic carbocycles. The molecule has 194 valence electrons. The lowest BCUT2D eigenvalue weighted by Gasteiger charge is -2.32. The van der Waals surface area contributed by atoms with Crippen molar-refractivity contribution in [2.75, 3.05) is 24.2 Å². The van der Waals surface area contributed by atoms with Gasteiger partial charge in [-0.3, -0.25) is 14.6 Å². The number of anilines is 1. The highest BCUT2D eigenvalue weighted by atomic mass is 32.2. The van der Waals surface area contributed by atoms with Gasteiger partial charge in [0.2, 0.25) is 15.9 Å². The largest absolute Gasteiger partial charge is 0.433 e. The Morgan fingerprint density at radius 1 is 1.17 bits per heavy atom. The Labute approximate surface area is 208 Å². The maximum atomic E-state index is 13.1. The Hall–Kier alpha value is -2.79. The third-order valence-electron chi connectivity index (χ3n) is 6.86. The number of hydrogen-bond donors (Lipinski definition) is 1. The van der Waals surface area contributed by atoms with Gasteiger partial charge in [-0.05, 0) is 55.0 Å². The van der Waals surface area contributed by atoms with E-state index in [2.05, 4.69) is 9.71 Å². The summed E-state index contributed by atoms with van der Waals surface area (Å²) in [6.07, 6.45) is 0.671. The number of sulfonamides is 1. The molecule has 1 atom stereocenters. The number of nitrogens with one attached hydrogen (secondary N) is 1. The van der Waals surface area contributed by atoms with E-state index in [9.17, 15) is 31.2 Å². The molecule has 1 aromatic heterocycles. The van der Waals surface area contributed by atoms with Gasteiger partial charge in [-0.25, -0.2) is 13.1 Å². The molecule has 36 heavy (non-hydrogen) atoms. The number of halogens is 3. The van der Waals surface area contributed by atoms with Crippen LogP contribution in [-0.2, 0) is 37.6 Å². The van der Waals surface area contributed by atoms with E-state index in [0.29, 0.717) is 25.1 Å². The van der Waals surface area contributed by atoms with Crippen molar-refractivity contribution in [3.05, 3.63) is 59.4 Å². The number of rotatable bonds is 9. The summed E-state index contributed by atoms with van der Waals surface area (Å²) in [5.74, 6) is -0.851. The first-order valence-corrected chi connectivity index (χ1v) is 13.7. The van der Waals surface area contributed by atoms with Gasteiger partial charge >= 0.3 is 6.18 Å². The van der Waals surface area contributed by atoms with E-state index >= 15 is 0 Å². The Balaban J connectivity index is 1.36. The molecular formula is C25H28F3N3O4S. The zero-order chi connectivity index (χ0) is 26.1. The van der Waals surface area contributed by atoms with Crippen molar-refractivity contribution < 1.29 is 31.2 Å². The summed E-state index contributed by atoms with van der Waals surface area (Å²) in [5, 5.41) is 0. The minimum Gasteiger partial charge on any atom is -0.312 e. The molecule has 0 radical (unpaired) electrons. The van der Waals surface area contributed by atoms with E-state index in [-0.39, 0.29) is 29.9 Å². The normalized spacial score (nSPS) is 19.8. The number of aromatic nitrogens is 1. The van der Waals surface area contributed by atoms with Crippen molar-refractivity contribution in [3.8, 4) is 0 Å². The Morgan fingerprint density at radius 3 is 2.42 bits per heavy atom. The van der Waals surface area contributed by atoms with Crippen LogP contribution in [0.4, 0.5) is 18.9 Å². The van der Waals surface area contributed by atoms with Crippen LogP contribution in [0.5, 0.6) is 0 Å². The van der Waals surface area contributed by atoms with Crippen molar-refractivity contribution in [3.63, 3.8) is 0 Å². The molecule has 1 saturated carbocycles. The van der Waals surface area contributed by atoms with Crippen molar-refractivity contribution in [1.82, 2.24) is 9.71 Å². The second kappa shape index (κ2) is 9.93. The van der Waals surface area contributed by atoms with Crippen LogP contribution in [0.25, 0.3) is 0 Å². The van der Waals surface area contributed by atoms with Gasteiger partial charge in [-0.15, -0.1) is 0 Å². The van der Waals surface area contributed by atoms with Gasteiger partial charge in [0.15, 0.2) is 0 Å². The molecule has 1 N–H and O–H groups in total. The molecule has 2 aromatic rings. The van der Waals surface area contributed by atoms with Gasteiger partial charge in [0.25, 0.3) is 0 Å². The van der Waals surface area contributed by atoms with Crippen LogP contribution >= 0.6 is 0 Å². The molecule has 1 aliphatic carbocycles. The minimum absolute atomic E-state index is 0.0225. The first-order chi connectivity index (χ1) is 16.9. The van der Waals surface area contributed by atoms with Gasteiger partial charge in [0.05, 0.1) is 6.26 Å². The third-order valence-corrected chi connectivity index (χ3v) is 7.53. The fourth-order valence-electron chi connectivity index (χ4n) is 4.65. The standard InChI is InChI=1S/C25H28F3N3O4S/c1-36(34,35)30-16-24(10-11-24)19-5-7-20(8-6-19)31-12-2-3-18(23(31)33)14-21(32)13-17-4-9-22(29-15-17)25(26,27)28/h4-9,15,18,30H,2-3,10-14,16H2,1H3/t18-/m1/s1. The van der Waals surface area contributed by atoms with Crippen LogP contribution in [0.3, 0.4) is 0 Å². The van der Waals surface area contributed by atoms with Crippen molar-refractivity contribution >= 4 is 27.4 Å². The predicted molar refractivity (Wildman–Crippen MR) is 128 cm³/mol. The van der Waals surface area contributed by atoms with Gasteiger partial charge in [0.1, 0.15) is 11.5 Å². The van der Waals surface area contributed by atoms with E-state index in [1.54, 1.807) is 4.90 Å². The average molecular weight is 524 g/mol. The van der Waals surface area contributed by atoms with Gasteiger partial charge in [-0.2, -0.15) is 13.2 Å². The molecule has 1 amide bonds. The van der Waals surface area contributed by atoms with E-state index in [0.717, 1.165) is 49.0 Å². The van der Waals surface area contributed by atoms with E-state index in [4.69, 9.17) is 0 Å². The minimum atomic E-state index is -4.54. The zero-order valence-corrected chi connectivity index (χ0v) is 20.7. The highest BCUT2D eigenvalue weighted by Crippen LogP contribution is 2.48. The van der Waals surface area contributed by atoms with Crippen LogP contribution < -0.4 is 9.62 Å². The number of nitrogens with zero attached hydrogens (tertiary/aromatic N) is 2. The quantitative estimate of drug-likeness (QED) is 0.542. The number of carbonyl (C=O) groups is 2. The lowest BCUT2D eigenvalue weighted by Crippen LogP contribution is -2.42. The molecular weight excluding hydrogens is 495 g/mol. The second-order valence-corrected chi connectivity index (χ2v) is 11.6. The number of hydrogen-bond acceptors (Lipinski definition) is 5. The number of carbonyl (C=O) groups excluding carboxylic acids is 2. The van der Waals surface area contributed by atoms with Gasteiger partial charge in [0, 0.05) is 49.1 Å². The molecule has 1 saturated heterocycles. The Bertz CT molecular complexity index is 1220. The zero-order valence-electron chi connectivity index (χ0n) is 19.8. The Kier molecular flexibility index (Phi) is 7.25. The molecule has 2 fully saturated rings.